The lowest BCUT2D eigenvalue weighted by Gasteiger charge is -2.33. The van der Waals surface area contributed by atoms with E-state index in [1.165, 1.54) is 0 Å². The Morgan fingerprint density at radius 3 is 2.56 bits per heavy atom. The van der Waals surface area contributed by atoms with Gasteiger partial charge >= 0.3 is 0 Å². The number of hydrogen-bond donors (Lipinski definition) is 1. The Hall–Kier alpha value is -2.14. The topological polar surface area (TPSA) is 58.4 Å². The lowest BCUT2D eigenvalue weighted by molar-refractivity contribution is -0.135. The fraction of sp³-hybridized carbons (Fsp3) is 0.500. The van der Waals surface area contributed by atoms with Crippen molar-refractivity contribution >= 4 is 5.91 Å². The molecule has 1 aliphatic rings. The van der Waals surface area contributed by atoms with E-state index in [2.05, 4.69) is 17.4 Å². The maximum absolute atomic E-state index is 13.2. The molecule has 0 bridgehead atoms. The third-order valence-corrected chi connectivity index (χ3v) is 5.14. The molecule has 1 amide bonds. The zero-order valence-corrected chi connectivity index (χ0v) is 15.3. The van der Waals surface area contributed by atoms with Crippen LogP contribution >= 0.6 is 0 Å². The molecule has 1 N–H and O–H groups in total. The first-order valence-corrected chi connectivity index (χ1v) is 9.05. The summed E-state index contributed by atoms with van der Waals surface area (Å²) in [7, 11) is 0. The summed E-state index contributed by atoms with van der Waals surface area (Å²) in [5, 5.41) is 7.44. The largest absolute Gasteiger partial charge is 0.361 e. The fourth-order valence-corrected chi connectivity index (χ4v) is 3.36. The second-order valence-electron chi connectivity index (χ2n) is 7.04. The highest BCUT2D eigenvalue weighted by Crippen LogP contribution is 2.23. The number of benzene rings is 1. The van der Waals surface area contributed by atoms with E-state index >= 15 is 0 Å². The van der Waals surface area contributed by atoms with Crippen molar-refractivity contribution in [1.82, 2.24) is 15.4 Å². The average Bonchev–Trinajstić information content (AvgIpc) is 2.95. The minimum Gasteiger partial charge on any atom is -0.361 e. The standard InChI is InChI=1S/C20H27N3O2/c1-14-9-11-23(12-10-14)20(24)19(17-7-5-4-6-8-17)21-13-18-15(2)22-25-16(18)3/h4-8,14,19,21H,9-13H2,1-3H3. The minimum absolute atomic E-state index is 0.157. The van der Waals surface area contributed by atoms with Crippen molar-refractivity contribution in [2.75, 3.05) is 13.1 Å². The lowest BCUT2D eigenvalue weighted by atomic mass is 9.97. The van der Waals surface area contributed by atoms with Gasteiger partial charge in [0.15, 0.2) is 0 Å². The van der Waals surface area contributed by atoms with Crippen molar-refractivity contribution in [3.8, 4) is 0 Å². The van der Waals surface area contributed by atoms with Gasteiger partial charge in [-0.2, -0.15) is 0 Å². The molecule has 0 aliphatic carbocycles. The number of nitrogens with one attached hydrogen (secondary N) is 1. The van der Waals surface area contributed by atoms with E-state index in [1.54, 1.807) is 0 Å². The van der Waals surface area contributed by atoms with Crippen LogP contribution in [-0.2, 0) is 11.3 Å². The number of piperidine rings is 1. The summed E-state index contributed by atoms with van der Waals surface area (Å²) in [4.78, 5) is 15.2. The molecule has 3 rings (SSSR count). The molecule has 5 nitrogen and oxygen atoms in total. The van der Waals surface area contributed by atoms with Gasteiger partial charge < -0.3 is 9.42 Å². The Morgan fingerprint density at radius 2 is 1.96 bits per heavy atom. The van der Waals surface area contributed by atoms with Crippen molar-refractivity contribution in [3.63, 3.8) is 0 Å². The second-order valence-corrected chi connectivity index (χ2v) is 7.04. The number of amides is 1. The quantitative estimate of drug-likeness (QED) is 0.906. The van der Waals surface area contributed by atoms with E-state index < -0.39 is 0 Å². The SMILES string of the molecule is Cc1noc(C)c1CNC(C(=O)N1CCC(C)CC1)c1ccccc1. The highest BCUT2D eigenvalue weighted by atomic mass is 16.5. The van der Waals surface area contributed by atoms with Crippen molar-refractivity contribution in [2.45, 2.75) is 46.2 Å². The van der Waals surface area contributed by atoms with E-state index in [9.17, 15) is 4.79 Å². The number of hydrogen-bond acceptors (Lipinski definition) is 4. The van der Waals surface area contributed by atoms with Gasteiger partial charge in [-0.15, -0.1) is 0 Å². The van der Waals surface area contributed by atoms with Gasteiger partial charge in [0.05, 0.1) is 5.69 Å². The van der Waals surface area contributed by atoms with Gasteiger partial charge in [0.1, 0.15) is 11.8 Å². The van der Waals surface area contributed by atoms with Crippen LogP contribution in [0.4, 0.5) is 0 Å². The average molecular weight is 341 g/mol. The highest BCUT2D eigenvalue weighted by molar-refractivity contribution is 5.83. The first kappa shape index (κ1) is 17.7. The van der Waals surface area contributed by atoms with Crippen molar-refractivity contribution < 1.29 is 9.32 Å². The van der Waals surface area contributed by atoms with E-state index in [0.29, 0.717) is 12.5 Å². The van der Waals surface area contributed by atoms with Gasteiger partial charge in [0.2, 0.25) is 5.91 Å². The summed E-state index contributed by atoms with van der Waals surface area (Å²) in [6.45, 7) is 8.34. The number of likely N-dealkylation sites (tertiary alicyclic amines) is 1. The maximum atomic E-state index is 13.2. The number of nitrogens with zero attached hydrogens (tertiary/aromatic N) is 2. The molecule has 2 aromatic rings. The van der Waals surface area contributed by atoms with Crippen LogP contribution in [0.25, 0.3) is 0 Å². The molecular formula is C20H27N3O2. The minimum atomic E-state index is -0.344. The summed E-state index contributed by atoms with van der Waals surface area (Å²) in [5.41, 5.74) is 2.90. The first-order valence-electron chi connectivity index (χ1n) is 9.05. The predicted octanol–water partition coefficient (Wildman–Crippen LogP) is 3.38. The molecule has 1 fully saturated rings. The monoisotopic (exact) mass is 341 g/mol. The summed E-state index contributed by atoms with van der Waals surface area (Å²) in [6, 6.07) is 9.60. The molecule has 1 aliphatic heterocycles. The molecule has 1 unspecified atom stereocenters. The molecule has 0 saturated carbocycles. The smallest absolute Gasteiger partial charge is 0.244 e. The second kappa shape index (κ2) is 7.83. The van der Waals surface area contributed by atoms with E-state index in [4.69, 9.17) is 4.52 Å². The van der Waals surface area contributed by atoms with Crippen LogP contribution in [-0.4, -0.2) is 29.1 Å². The van der Waals surface area contributed by atoms with Crippen molar-refractivity contribution in [3.05, 3.63) is 52.9 Å². The molecule has 134 valence electrons. The zero-order valence-electron chi connectivity index (χ0n) is 15.3. The van der Waals surface area contributed by atoms with Gasteiger partial charge in [0.25, 0.3) is 0 Å². The molecule has 1 atom stereocenters. The van der Waals surface area contributed by atoms with Crippen LogP contribution in [0.15, 0.2) is 34.9 Å². The van der Waals surface area contributed by atoms with E-state index in [-0.39, 0.29) is 11.9 Å². The predicted molar refractivity (Wildman–Crippen MR) is 97.0 cm³/mol. The van der Waals surface area contributed by atoms with Crippen LogP contribution < -0.4 is 5.32 Å². The maximum Gasteiger partial charge on any atom is 0.244 e. The molecule has 0 radical (unpaired) electrons. The number of aromatic nitrogens is 1. The molecule has 0 spiro atoms. The van der Waals surface area contributed by atoms with Crippen LogP contribution in [0.1, 0.15) is 48.4 Å². The third-order valence-electron chi connectivity index (χ3n) is 5.14. The lowest BCUT2D eigenvalue weighted by Crippen LogP contribution is -2.44. The normalized spacial score (nSPS) is 16.8. The van der Waals surface area contributed by atoms with E-state index in [1.807, 2.05) is 49.1 Å². The zero-order chi connectivity index (χ0) is 17.8. The number of carbonyl (C=O) groups excluding carboxylic acids is 1. The number of aryl methyl sites for hydroxylation is 2. The van der Waals surface area contributed by atoms with E-state index in [0.717, 1.165) is 48.5 Å². The molecule has 1 aromatic carbocycles. The third kappa shape index (κ3) is 4.10. The fourth-order valence-electron chi connectivity index (χ4n) is 3.36. The van der Waals surface area contributed by atoms with Gasteiger partial charge in [-0.05, 0) is 38.2 Å². The molecular weight excluding hydrogens is 314 g/mol. The Kier molecular flexibility index (Phi) is 5.53. The molecule has 5 heteroatoms. The van der Waals surface area contributed by atoms with Crippen LogP contribution in [0.5, 0.6) is 0 Å². The summed E-state index contributed by atoms with van der Waals surface area (Å²) in [5.74, 6) is 1.66. The molecule has 25 heavy (non-hydrogen) atoms. The first-order chi connectivity index (χ1) is 12.1. The summed E-state index contributed by atoms with van der Waals surface area (Å²) < 4.78 is 5.24. The Morgan fingerprint density at radius 1 is 1.28 bits per heavy atom. The van der Waals surface area contributed by atoms with Crippen molar-refractivity contribution in [1.29, 1.82) is 0 Å². The van der Waals surface area contributed by atoms with Gasteiger partial charge in [-0.25, -0.2) is 0 Å². The van der Waals surface area contributed by atoms with Gasteiger partial charge in [0, 0.05) is 25.2 Å². The van der Waals surface area contributed by atoms with Gasteiger partial charge in [-0.1, -0.05) is 42.4 Å². The van der Waals surface area contributed by atoms with Crippen LogP contribution in [0.2, 0.25) is 0 Å². The summed E-state index contributed by atoms with van der Waals surface area (Å²) in [6.07, 6.45) is 2.16. The van der Waals surface area contributed by atoms with Crippen LogP contribution in [0.3, 0.4) is 0 Å². The molecule has 2 heterocycles. The highest BCUT2D eigenvalue weighted by Gasteiger charge is 2.28. The molecule has 1 aromatic heterocycles. The molecule has 1 saturated heterocycles. The van der Waals surface area contributed by atoms with Crippen molar-refractivity contribution in [2.24, 2.45) is 5.92 Å². The Balaban J connectivity index is 1.77. The van der Waals surface area contributed by atoms with Crippen LogP contribution in [0, 0.1) is 19.8 Å². The Labute approximate surface area is 149 Å². The summed E-state index contributed by atoms with van der Waals surface area (Å²) >= 11 is 0. The van der Waals surface area contributed by atoms with Gasteiger partial charge in [-0.3, -0.25) is 10.1 Å². The number of carbonyl (C=O) groups is 1. The number of rotatable bonds is 5. The Bertz CT molecular complexity index is 683.